The van der Waals surface area contributed by atoms with Crippen molar-refractivity contribution in [2.24, 2.45) is 11.6 Å². The van der Waals surface area contributed by atoms with Gasteiger partial charge < -0.3 is 40.4 Å². The van der Waals surface area contributed by atoms with E-state index in [2.05, 4.69) is 43.1 Å². The van der Waals surface area contributed by atoms with Crippen LogP contribution in [-0.2, 0) is 23.8 Å². The Kier molecular flexibility index (Phi) is 17.3. The number of nitrogens with two attached hydrogens (primary N) is 2. The molecule has 2 unspecified atom stereocenters. The Morgan fingerprint density at radius 2 is 2.10 bits per heavy atom. The average Bonchev–Trinajstić information content (AvgIpc) is 3.38. The summed E-state index contributed by atoms with van der Waals surface area (Å²) in [6.45, 7) is 7.66. The summed E-state index contributed by atoms with van der Waals surface area (Å²) in [6, 6.07) is 6.63. The number of ether oxygens (including phenoxy) is 4. The molecule has 1 saturated heterocycles. The third kappa shape index (κ3) is 14.9. The number of carbonyl (C=O) groups is 2. The fourth-order valence-electron chi connectivity index (χ4n) is 3.44. The van der Waals surface area contributed by atoms with E-state index in [-0.39, 0.29) is 73.7 Å². The van der Waals surface area contributed by atoms with Crippen molar-refractivity contribution in [1.29, 1.82) is 0 Å². The number of rotatable bonds is 18. The predicted molar refractivity (Wildman–Crippen MR) is 165 cm³/mol. The lowest BCUT2D eigenvalue weighted by molar-refractivity contribution is -0.126. The molecule has 0 saturated carbocycles. The first-order valence-corrected chi connectivity index (χ1v) is 15.8. The molecule has 15 heteroatoms. The molecule has 233 valence electrons. The van der Waals surface area contributed by atoms with Crippen molar-refractivity contribution in [2.75, 3.05) is 52.7 Å². The van der Waals surface area contributed by atoms with E-state index in [9.17, 15) is 14.7 Å². The average molecular weight is 626 g/mol. The Morgan fingerprint density at radius 3 is 2.79 bits per heavy atom. The van der Waals surface area contributed by atoms with Crippen LogP contribution in [0.3, 0.4) is 0 Å². The Morgan fingerprint density at radius 1 is 1.29 bits per heavy atom. The molecule has 1 aliphatic rings. The first-order valence-electron chi connectivity index (χ1n) is 13.6. The standard InChI is InChI=1S/C27H42BN4O8S2/c1-27(2,3)42-41-25(18-38-20-7-4-6-19(14-20)26(35)32-11-9-29)37-13-12-36-17-24(34)31-10-5-8-28-23-15-21(40-30)22(16-33)39-23/h4,6-7,14,21-23,25,33H,9-13,15-18,29-30H2,1-3H3,(H,31,34)(H,32,35)/t21-,22?,23-,25?/m1/s1. The van der Waals surface area contributed by atoms with Crippen LogP contribution in [0.4, 0.5) is 0 Å². The maximum Gasteiger partial charge on any atom is 0.251 e. The van der Waals surface area contributed by atoms with Crippen molar-refractivity contribution < 1.29 is 38.5 Å². The van der Waals surface area contributed by atoms with Crippen molar-refractivity contribution >= 4 is 40.7 Å². The molecule has 0 aromatic heterocycles. The molecule has 12 nitrogen and oxygen atoms in total. The molecule has 2 rings (SSSR count). The summed E-state index contributed by atoms with van der Waals surface area (Å²) >= 11 is 0. The van der Waals surface area contributed by atoms with Gasteiger partial charge in [0.1, 0.15) is 36.6 Å². The van der Waals surface area contributed by atoms with Crippen LogP contribution >= 0.6 is 21.6 Å². The molecule has 7 N–H and O–H groups in total. The van der Waals surface area contributed by atoms with E-state index in [1.54, 1.807) is 53.1 Å². The first-order chi connectivity index (χ1) is 20.1. The van der Waals surface area contributed by atoms with Crippen LogP contribution in [0.5, 0.6) is 5.75 Å². The lowest BCUT2D eigenvalue weighted by atomic mass is 9.71. The molecular formula is C27H42BN4O8S2. The van der Waals surface area contributed by atoms with Crippen molar-refractivity contribution in [3.8, 4) is 17.5 Å². The second kappa shape index (κ2) is 20.1. The first kappa shape index (κ1) is 36.2. The Balaban J connectivity index is 1.68. The fourth-order valence-corrected chi connectivity index (χ4v) is 5.63. The molecule has 1 radical (unpaired) electrons. The SMILES string of the molecule is CC(C)(C)SSC(COc1cccc(C(=O)NCCN)c1)OCCOCC(=O)NCC#C[B][C@H]1C[C@@H](ON)C(CO)O1. The van der Waals surface area contributed by atoms with Gasteiger partial charge in [0, 0.05) is 29.4 Å². The highest BCUT2D eigenvalue weighted by Crippen LogP contribution is 2.38. The van der Waals surface area contributed by atoms with Gasteiger partial charge >= 0.3 is 0 Å². The van der Waals surface area contributed by atoms with Crippen molar-refractivity contribution in [2.45, 2.75) is 55.6 Å². The third-order valence-electron chi connectivity index (χ3n) is 5.41. The second-order valence-electron chi connectivity index (χ2n) is 10.1. The number of hydrogen-bond donors (Lipinski definition) is 5. The molecule has 0 bridgehead atoms. The van der Waals surface area contributed by atoms with Gasteiger partial charge in [-0.05, 0) is 24.6 Å². The van der Waals surface area contributed by atoms with Gasteiger partial charge in [-0.15, -0.1) is 0 Å². The van der Waals surface area contributed by atoms with Gasteiger partial charge in [0.15, 0.2) is 0 Å². The summed E-state index contributed by atoms with van der Waals surface area (Å²) in [4.78, 5) is 29.0. The number of carbonyl (C=O) groups excluding carboxylic acids is 2. The lowest BCUT2D eigenvalue weighted by Crippen LogP contribution is -2.30. The highest BCUT2D eigenvalue weighted by molar-refractivity contribution is 8.77. The van der Waals surface area contributed by atoms with E-state index in [1.807, 2.05) is 0 Å². The van der Waals surface area contributed by atoms with Crippen LogP contribution in [0.25, 0.3) is 0 Å². The predicted octanol–water partition coefficient (Wildman–Crippen LogP) is 0.441. The van der Waals surface area contributed by atoms with E-state index in [4.69, 9.17) is 35.4 Å². The van der Waals surface area contributed by atoms with E-state index in [0.717, 1.165) is 0 Å². The van der Waals surface area contributed by atoms with E-state index in [1.165, 1.54) is 0 Å². The van der Waals surface area contributed by atoms with Gasteiger partial charge in [0.05, 0.1) is 26.4 Å². The molecule has 4 atom stereocenters. The molecule has 1 heterocycles. The molecule has 1 fully saturated rings. The lowest BCUT2D eigenvalue weighted by Gasteiger charge is -2.22. The van der Waals surface area contributed by atoms with Crippen LogP contribution < -0.4 is 27.0 Å². The summed E-state index contributed by atoms with van der Waals surface area (Å²) in [5, 5.41) is 14.7. The molecule has 1 aromatic rings. The van der Waals surface area contributed by atoms with Crippen molar-refractivity contribution in [3.05, 3.63) is 29.8 Å². The number of aliphatic hydroxyl groups excluding tert-OH is 1. The highest BCUT2D eigenvalue weighted by atomic mass is 33.1. The normalized spacial score (nSPS) is 19.0. The largest absolute Gasteiger partial charge is 0.490 e. The van der Waals surface area contributed by atoms with Crippen LogP contribution in [-0.4, -0.2) is 105 Å². The molecule has 0 spiro atoms. The van der Waals surface area contributed by atoms with Crippen molar-refractivity contribution in [3.63, 3.8) is 0 Å². The number of amides is 2. The van der Waals surface area contributed by atoms with E-state index >= 15 is 0 Å². The summed E-state index contributed by atoms with van der Waals surface area (Å²) in [6.07, 6.45) is -0.354. The molecule has 1 aromatic carbocycles. The van der Waals surface area contributed by atoms with Crippen molar-refractivity contribution in [1.82, 2.24) is 10.6 Å². The van der Waals surface area contributed by atoms with Crippen LogP contribution in [0, 0.1) is 11.7 Å². The van der Waals surface area contributed by atoms with Crippen LogP contribution in [0.2, 0.25) is 0 Å². The molecular weight excluding hydrogens is 583 g/mol. The molecule has 42 heavy (non-hydrogen) atoms. The summed E-state index contributed by atoms with van der Waals surface area (Å²) in [5.41, 5.74) is 5.63. The fraction of sp³-hybridized carbons (Fsp3) is 0.630. The van der Waals surface area contributed by atoms with Gasteiger partial charge in [-0.3, -0.25) is 14.4 Å². The van der Waals surface area contributed by atoms with Gasteiger partial charge in [0.2, 0.25) is 5.91 Å². The summed E-state index contributed by atoms with van der Waals surface area (Å²) < 4.78 is 22.9. The maximum absolute atomic E-state index is 12.2. The zero-order valence-electron chi connectivity index (χ0n) is 24.3. The summed E-state index contributed by atoms with van der Waals surface area (Å²) in [5.74, 6) is 10.9. The van der Waals surface area contributed by atoms with Gasteiger partial charge in [0.25, 0.3) is 13.2 Å². The Bertz CT molecular complexity index is 1010. The van der Waals surface area contributed by atoms with E-state index in [0.29, 0.717) is 30.8 Å². The smallest absolute Gasteiger partial charge is 0.251 e. The number of nitrogens with one attached hydrogen (secondary N) is 2. The number of benzene rings is 1. The monoisotopic (exact) mass is 625 g/mol. The maximum atomic E-state index is 12.2. The topological polar surface area (TPSA) is 177 Å². The van der Waals surface area contributed by atoms with Crippen LogP contribution in [0.1, 0.15) is 37.6 Å². The zero-order chi connectivity index (χ0) is 30.8. The molecule has 1 aliphatic heterocycles. The molecule has 2 amide bonds. The summed E-state index contributed by atoms with van der Waals surface area (Å²) in [7, 11) is 4.87. The Labute approximate surface area is 256 Å². The number of aliphatic hydroxyl groups is 1. The minimum atomic E-state index is -0.476. The second-order valence-corrected chi connectivity index (χ2v) is 13.3. The Hall–Kier alpha value is -2.00. The van der Waals surface area contributed by atoms with E-state index < -0.39 is 6.10 Å². The molecule has 0 aliphatic carbocycles. The van der Waals surface area contributed by atoms with Gasteiger partial charge in [-0.1, -0.05) is 54.3 Å². The quantitative estimate of drug-likeness (QED) is 0.0381. The third-order valence-corrected chi connectivity index (χ3v) is 8.93. The zero-order valence-corrected chi connectivity index (χ0v) is 26.0. The highest BCUT2D eigenvalue weighted by Gasteiger charge is 2.35. The number of hydrogen-bond acceptors (Lipinski definition) is 12. The van der Waals surface area contributed by atoms with Crippen LogP contribution in [0.15, 0.2) is 24.3 Å². The van der Waals surface area contributed by atoms with Gasteiger partial charge in [-0.2, -0.15) is 5.82 Å². The minimum absolute atomic E-state index is 0.00972. The minimum Gasteiger partial charge on any atom is -0.490 e. The van der Waals surface area contributed by atoms with Gasteiger partial charge in [-0.25, -0.2) is 5.90 Å².